The lowest BCUT2D eigenvalue weighted by molar-refractivity contribution is -0.141. The van der Waals surface area contributed by atoms with E-state index in [-0.39, 0.29) is 17.9 Å². The van der Waals surface area contributed by atoms with Crippen LogP contribution in [0.3, 0.4) is 0 Å². The van der Waals surface area contributed by atoms with Gasteiger partial charge < -0.3 is 15.3 Å². The van der Waals surface area contributed by atoms with Gasteiger partial charge in [0.05, 0.1) is 18.4 Å². The molecule has 6 nitrogen and oxygen atoms in total. The van der Waals surface area contributed by atoms with Gasteiger partial charge in [-0.3, -0.25) is 0 Å². The lowest BCUT2D eigenvalue weighted by Gasteiger charge is -2.38. The molecule has 2 N–H and O–H groups in total. The fourth-order valence-electron chi connectivity index (χ4n) is 2.35. The maximum atomic E-state index is 12.4. The first-order valence-electron chi connectivity index (χ1n) is 6.44. The number of amides is 1. The van der Waals surface area contributed by atoms with Crippen LogP contribution in [0.2, 0.25) is 0 Å². The number of rotatable bonds is 2. The highest BCUT2D eigenvalue weighted by Gasteiger charge is 2.34. The molecule has 0 bridgehead atoms. The first-order chi connectivity index (χ1) is 9.79. The maximum Gasteiger partial charge on any atom is 0.434 e. The lowest BCUT2D eigenvalue weighted by Crippen LogP contribution is -2.51. The number of alkyl halides is 3. The van der Waals surface area contributed by atoms with Gasteiger partial charge in [-0.1, -0.05) is 0 Å². The number of halogens is 3. The summed E-state index contributed by atoms with van der Waals surface area (Å²) >= 11 is 0. The van der Waals surface area contributed by atoms with Gasteiger partial charge in [0.15, 0.2) is 5.69 Å². The molecule has 0 aromatic carbocycles. The molecule has 1 aliphatic heterocycles. The number of nitrogens with one attached hydrogen (secondary N) is 1. The van der Waals surface area contributed by atoms with E-state index >= 15 is 0 Å². The minimum atomic E-state index is -4.52. The number of hydrogen-bond donors (Lipinski definition) is 2. The van der Waals surface area contributed by atoms with E-state index in [4.69, 9.17) is 5.11 Å². The van der Waals surface area contributed by atoms with Gasteiger partial charge in [0, 0.05) is 12.6 Å². The van der Waals surface area contributed by atoms with Gasteiger partial charge in [0.25, 0.3) is 0 Å². The normalized spacial score (nSPS) is 23.0. The molecule has 2 heterocycles. The summed E-state index contributed by atoms with van der Waals surface area (Å²) in [4.78, 5) is 19.4. The van der Waals surface area contributed by atoms with Crippen LogP contribution in [-0.2, 0) is 6.18 Å². The number of likely N-dealkylation sites (tertiary alicyclic amines) is 1. The monoisotopic (exact) mass is 304 g/mol. The Morgan fingerprint density at radius 2 is 2.14 bits per heavy atom. The van der Waals surface area contributed by atoms with Crippen molar-refractivity contribution in [3.63, 3.8) is 0 Å². The van der Waals surface area contributed by atoms with E-state index in [1.165, 1.54) is 4.90 Å². The van der Waals surface area contributed by atoms with Crippen molar-refractivity contribution < 1.29 is 23.1 Å². The molecule has 0 saturated carbocycles. The zero-order valence-electron chi connectivity index (χ0n) is 11.3. The van der Waals surface area contributed by atoms with Crippen molar-refractivity contribution in [2.75, 3.05) is 11.9 Å². The Morgan fingerprint density at radius 3 is 2.67 bits per heavy atom. The number of piperidine rings is 1. The first kappa shape index (κ1) is 15.3. The molecule has 1 fully saturated rings. The standard InChI is InChI=1S/C12H15F3N4O2/c1-7-8(3-2-4-19(7)11(20)21)18-10-6-16-9(5-17-10)12(13,14)15/h5-8H,2-4H2,1H3,(H,17,18)(H,20,21)/t7-,8+/m0/s1. The maximum absolute atomic E-state index is 12.4. The second kappa shape index (κ2) is 5.74. The van der Waals surface area contributed by atoms with Crippen LogP contribution in [0.25, 0.3) is 0 Å². The van der Waals surface area contributed by atoms with Crippen LogP contribution < -0.4 is 5.32 Å². The van der Waals surface area contributed by atoms with E-state index in [2.05, 4.69) is 15.3 Å². The smallest absolute Gasteiger partial charge is 0.434 e. The molecule has 9 heteroatoms. The Hall–Kier alpha value is -2.06. The Labute approximate surface area is 119 Å². The van der Waals surface area contributed by atoms with Crippen LogP contribution in [0.4, 0.5) is 23.8 Å². The number of nitrogens with zero attached hydrogens (tertiary/aromatic N) is 3. The predicted octanol–water partition coefficient (Wildman–Crippen LogP) is 2.44. The van der Waals surface area contributed by atoms with Gasteiger partial charge in [-0.2, -0.15) is 13.2 Å². The summed E-state index contributed by atoms with van der Waals surface area (Å²) in [6.45, 7) is 2.20. The summed E-state index contributed by atoms with van der Waals surface area (Å²) in [6, 6.07) is -0.499. The van der Waals surface area contributed by atoms with Crippen molar-refractivity contribution >= 4 is 11.9 Å². The van der Waals surface area contributed by atoms with Gasteiger partial charge in [-0.05, 0) is 19.8 Å². The van der Waals surface area contributed by atoms with Crippen LogP contribution in [0.5, 0.6) is 0 Å². The molecule has 2 atom stereocenters. The number of anilines is 1. The molecule has 0 unspecified atom stereocenters. The van der Waals surface area contributed by atoms with Crippen molar-refractivity contribution in [3.05, 3.63) is 18.1 Å². The highest BCUT2D eigenvalue weighted by atomic mass is 19.4. The van der Waals surface area contributed by atoms with E-state index in [1.807, 2.05) is 0 Å². The van der Waals surface area contributed by atoms with Gasteiger partial charge in [0.1, 0.15) is 5.82 Å². The van der Waals surface area contributed by atoms with Crippen LogP contribution in [0, 0.1) is 0 Å². The largest absolute Gasteiger partial charge is 0.465 e. The van der Waals surface area contributed by atoms with Crippen molar-refractivity contribution in [1.29, 1.82) is 0 Å². The second-order valence-corrected chi connectivity index (χ2v) is 4.89. The average molecular weight is 304 g/mol. The summed E-state index contributed by atoms with van der Waals surface area (Å²) in [7, 11) is 0. The summed E-state index contributed by atoms with van der Waals surface area (Å²) in [5.74, 6) is 0.201. The van der Waals surface area contributed by atoms with Crippen molar-refractivity contribution in [3.8, 4) is 0 Å². The Kier molecular flexibility index (Phi) is 4.19. The average Bonchev–Trinajstić information content (AvgIpc) is 2.40. The first-order valence-corrected chi connectivity index (χ1v) is 6.44. The fraction of sp³-hybridized carbons (Fsp3) is 0.583. The van der Waals surface area contributed by atoms with Crippen molar-refractivity contribution in [1.82, 2.24) is 14.9 Å². The number of carbonyl (C=O) groups is 1. The Bertz CT molecular complexity index is 506. The molecular weight excluding hydrogens is 289 g/mol. The predicted molar refractivity (Wildman–Crippen MR) is 67.9 cm³/mol. The highest BCUT2D eigenvalue weighted by Crippen LogP contribution is 2.27. The van der Waals surface area contributed by atoms with E-state index in [1.54, 1.807) is 6.92 Å². The molecule has 1 aromatic rings. The third-order valence-corrected chi connectivity index (χ3v) is 3.51. The Balaban J connectivity index is 2.05. The molecule has 0 aliphatic carbocycles. The molecule has 1 saturated heterocycles. The summed E-state index contributed by atoms with van der Waals surface area (Å²) < 4.78 is 37.2. The molecule has 0 radical (unpaired) electrons. The van der Waals surface area contributed by atoms with E-state index in [9.17, 15) is 18.0 Å². The van der Waals surface area contributed by atoms with Gasteiger partial charge in [-0.25, -0.2) is 14.8 Å². The summed E-state index contributed by atoms with van der Waals surface area (Å²) in [5, 5.41) is 12.0. The summed E-state index contributed by atoms with van der Waals surface area (Å²) in [6.07, 6.45) is -2.47. The summed E-state index contributed by atoms with van der Waals surface area (Å²) in [5.41, 5.74) is -1.06. The van der Waals surface area contributed by atoms with Gasteiger partial charge >= 0.3 is 12.3 Å². The number of aromatic nitrogens is 2. The van der Waals surface area contributed by atoms with E-state index < -0.39 is 18.0 Å². The molecular formula is C12H15F3N4O2. The molecule has 2 rings (SSSR count). The minimum absolute atomic E-state index is 0.201. The molecule has 21 heavy (non-hydrogen) atoms. The third kappa shape index (κ3) is 3.53. The highest BCUT2D eigenvalue weighted by molar-refractivity contribution is 5.65. The third-order valence-electron chi connectivity index (χ3n) is 3.51. The van der Waals surface area contributed by atoms with E-state index in [0.717, 1.165) is 6.20 Å². The lowest BCUT2D eigenvalue weighted by atomic mass is 9.98. The molecule has 0 spiro atoms. The Morgan fingerprint density at radius 1 is 1.43 bits per heavy atom. The zero-order chi connectivity index (χ0) is 15.6. The molecule has 1 aromatic heterocycles. The fourth-order valence-corrected chi connectivity index (χ4v) is 2.35. The van der Waals surface area contributed by atoms with Crippen LogP contribution in [-0.4, -0.2) is 44.7 Å². The molecule has 1 amide bonds. The SMILES string of the molecule is C[C@H]1[C@H](Nc2cnc(C(F)(F)F)cn2)CCCN1C(=O)O. The topological polar surface area (TPSA) is 78.4 Å². The second-order valence-electron chi connectivity index (χ2n) is 4.89. The van der Waals surface area contributed by atoms with Crippen LogP contribution in [0.1, 0.15) is 25.5 Å². The zero-order valence-corrected chi connectivity index (χ0v) is 11.3. The van der Waals surface area contributed by atoms with Crippen molar-refractivity contribution in [2.45, 2.75) is 38.0 Å². The molecule has 1 aliphatic rings. The molecule has 116 valence electrons. The van der Waals surface area contributed by atoms with Gasteiger partial charge in [-0.15, -0.1) is 0 Å². The number of carboxylic acid groups (broad SMARTS) is 1. The number of hydrogen-bond acceptors (Lipinski definition) is 4. The quantitative estimate of drug-likeness (QED) is 0.877. The van der Waals surface area contributed by atoms with Crippen molar-refractivity contribution in [2.24, 2.45) is 0 Å². The van der Waals surface area contributed by atoms with Crippen LogP contribution in [0.15, 0.2) is 12.4 Å². The van der Waals surface area contributed by atoms with E-state index in [0.29, 0.717) is 25.6 Å². The minimum Gasteiger partial charge on any atom is -0.465 e. The van der Waals surface area contributed by atoms with Crippen LogP contribution >= 0.6 is 0 Å². The van der Waals surface area contributed by atoms with Gasteiger partial charge in [0.2, 0.25) is 0 Å².